The van der Waals surface area contributed by atoms with Crippen molar-refractivity contribution in [3.63, 3.8) is 0 Å². The Morgan fingerprint density at radius 2 is 2.00 bits per heavy atom. The lowest BCUT2D eigenvalue weighted by Crippen LogP contribution is -2.36. The molecule has 1 heterocycles. The fraction of sp³-hybridized carbons (Fsp3) is 0.474. The van der Waals surface area contributed by atoms with Crippen LogP contribution in [0.5, 0.6) is 0 Å². The van der Waals surface area contributed by atoms with Gasteiger partial charge in [0.05, 0.1) is 12.3 Å². The maximum atomic E-state index is 12.4. The molecule has 0 radical (unpaired) electrons. The molecule has 1 aliphatic rings. The molecule has 0 atom stereocenters. The first-order valence-corrected chi connectivity index (χ1v) is 9.99. The molecule has 0 spiro atoms. The number of anilines is 1. The number of hydrogen-bond donors (Lipinski definition) is 1. The van der Waals surface area contributed by atoms with E-state index in [0.29, 0.717) is 6.04 Å². The Bertz CT molecular complexity index is 860. The van der Waals surface area contributed by atoms with Gasteiger partial charge in [0, 0.05) is 18.8 Å². The minimum Gasteiger partial charge on any atom is -0.336 e. The Hall–Kier alpha value is -2.35. The first-order valence-electron chi connectivity index (χ1n) is 9.00. The Labute approximate surface area is 163 Å². The van der Waals surface area contributed by atoms with E-state index in [0.717, 1.165) is 40.6 Å². The van der Waals surface area contributed by atoms with Crippen LogP contribution < -0.4 is 5.32 Å². The predicted octanol–water partition coefficient (Wildman–Crippen LogP) is 2.73. The normalized spacial score (nSPS) is 13.5. The van der Waals surface area contributed by atoms with Crippen molar-refractivity contribution < 1.29 is 9.59 Å². The van der Waals surface area contributed by atoms with Crippen LogP contribution in [0.1, 0.15) is 35.8 Å². The summed E-state index contributed by atoms with van der Waals surface area (Å²) in [7, 11) is 1.64. The Morgan fingerprint density at radius 3 is 2.70 bits per heavy atom. The zero-order valence-corrected chi connectivity index (χ0v) is 17.0. The quantitative estimate of drug-likeness (QED) is 0.739. The fourth-order valence-corrected chi connectivity index (χ4v) is 3.79. The molecule has 1 aromatic carbocycles. The highest BCUT2D eigenvalue weighted by molar-refractivity contribution is 7.99. The highest BCUT2D eigenvalue weighted by Gasteiger charge is 2.28. The van der Waals surface area contributed by atoms with Crippen LogP contribution in [0, 0.1) is 20.8 Å². The summed E-state index contributed by atoms with van der Waals surface area (Å²) in [6, 6.07) is 6.37. The maximum Gasteiger partial charge on any atom is 0.243 e. The van der Waals surface area contributed by atoms with Crippen LogP contribution in [0.15, 0.2) is 23.4 Å². The summed E-state index contributed by atoms with van der Waals surface area (Å²) in [5.74, 6) is 0.798. The van der Waals surface area contributed by atoms with E-state index in [2.05, 4.69) is 20.1 Å². The van der Waals surface area contributed by atoms with E-state index in [1.54, 1.807) is 7.05 Å². The lowest BCUT2D eigenvalue weighted by Gasteiger charge is -2.17. The van der Waals surface area contributed by atoms with Crippen LogP contribution in [-0.2, 0) is 9.59 Å². The van der Waals surface area contributed by atoms with E-state index in [1.807, 2.05) is 39.0 Å². The second kappa shape index (κ2) is 8.12. The van der Waals surface area contributed by atoms with Gasteiger partial charge in [-0.15, -0.1) is 10.2 Å². The van der Waals surface area contributed by atoms with Gasteiger partial charge >= 0.3 is 0 Å². The molecule has 0 saturated heterocycles. The number of thioether (sulfide) groups is 1. The summed E-state index contributed by atoms with van der Waals surface area (Å²) in [6.07, 6.45) is 2.28. The smallest absolute Gasteiger partial charge is 0.243 e. The van der Waals surface area contributed by atoms with Crippen molar-refractivity contribution >= 4 is 29.3 Å². The highest BCUT2D eigenvalue weighted by atomic mass is 32.2. The number of carbonyl (C=O) groups is 2. The van der Waals surface area contributed by atoms with Crippen molar-refractivity contribution in [1.82, 2.24) is 19.7 Å². The average Bonchev–Trinajstić information content (AvgIpc) is 3.38. The molecular weight excluding hydrogens is 362 g/mol. The largest absolute Gasteiger partial charge is 0.336 e. The minimum atomic E-state index is -0.207. The molecule has 1 aromatic heterocycles. The van der Waals surface area contributed by atoms with Crippen LogP contribution in [0.2, 0.25) is 0 Å². The third-order valence-corrected chi connectivity index (χ3v) is 5.47. The molecule has 1 saturated carbocycles. The lowest BCUT2D eigenvalue weighted by atomic mass is 10.1. The van der Waals surface area contributed by atoms with Crippen molar-refractivity contribution in [2.24, 2.45) is 0 Å². The number of aromatic nitrogens is 3. The van der Waals surface area contributed by atoms with E-state index >= 15 is 0 Å². The molecule has 2 amide bonds. The Balaban J connectivity index is 1.51. The van der Waals surface area contributed by atoms with Gasteiger partial charge in [0.1, 0.15) is 5.82 Å². The summed E-state index contributed by atoms with van der Waals surface area (Å²) in [4.78, 5) is 26.1. The second-order valence-corrected chi connectivity index (χ2v) is 7.98. The number of nitrogens with zero attached hydrogens (tertiary/aromatic N) is 4. The molecule has 144 valence electrons. The van der Waals surface area contributed by atoms with Gasteiger partial charge in [-0.2, -0.15) is 0 Å². The van der Waals surface area contributed by atoms with E-state index in [9.17, 15) is 9.59 Å². The van der Waals surface area contributed by atoms with Crippen molar-refractivity contribution in [3.05, 3.63) is 35.2 Å². The molecule has 0 bridgehead atoms. The average molecular weight is 388 g/mol. The molecule has 2 aromatic rings. The number of amides is 2. The number of benzene rings is 1. The zero-order valence-electron chi connectivity index (χ0n) is 16.2. The van der Waals surface area contributed by atoms with Gasteiger partial charge in [-0.05, 0) is 50.8 Å². The van der Waals surface area contributed by atoms with Crippen LogP contribution in [0.4, 0.5) is 5.69 Å². The van der Waals surface area contributed by atoms with Crippen LogP contribution in [0.3, 0.4) is 0 Å². The molecule has 0 aliphatic heterocycles. The third-order valence-electron chi connectivity index (χ3n) is 4.55. The predicted molar refractivity (Wildman–Crippen MR) is 106 cm³/mol. The third kappa shape index (κ3) is 4.88. The molecule has 1 N–H and O–H groups in total. The minimum absolute atomic E-state index is 0.0150. The SMILES string of the molecule is Cc1ccc(C)c(NC(=O)CN(C)C(=O)CSc2nnc(C)n2C2CC2)c1. The van der Waals surface area contributed by atoms with Gasteiger partial charge in [-0.1, -0.05) is 23.9 Å². The number of hydrogen-bond acceptors (Lipinski definition) is 5. The van der Waals surface area contributed by atoms with Gasteiger partial charge in [0.15, 0.2) is 5.16 Å². The molecule has 7 nitrogen and oxygen atoms in total. The van der Waals surface area contributed by atoms with E-state index in [1.165, 1.54) is 16.7 Å². The molecule has 8 heteroatoms. The summed E-state index contributed by atoms with van der Waals surface area (Å²) in [5, 5.41) is 11.9. The van der Waals surface area contributed by atoms with Gasteiger partial charge in [0.2, 0.25) is 11.8 Å². The summed E-state index contributed by atoms with van der Waals surface area (Å²) < 4.78 is 2.10. The molecular formula is C19H25N5O2S. The highest BCUT2D eigenvalue weighted by Crippen LogP contribution is 2.38. The molecule has 0 unspecified atom stereocenters. The lowest BCUT2D eigenvalue weighted by molar-refractivity contribution is -0.131. The standard InChI is InChI=1S/C19H25N5O2S/c1-12-5-6-13(2)16(9-12)20-17(25)10-23(4)18(26)11-27-19-22-21-14(3)24(19)15-7-8-15/h5-6,9,15H,7-8,10-11H2,1-4H3,(H,20,25). The number of aryl methyl sites for hydroxylation is 3. The van der Waals surface area contributed by atoms with Gasteiger partial charge in [-0.3, -0.25) is 9.59 Å². The van der Waals surface area contributed by atoms with E-state index < -0.39 is 0 Å². The second-order valence-electron chi connectivity index (χ2n) is 7.04. The summed E-state index contributed by atoms with van der Waals surface area (Å²) >= 11 is 1.37. The molecule has 3 rings (SSSR count). The monoisotopic (exact) mass is 387 g/mol. The van der Waals surface area contributed by atoms with Crippen molar-refractivity contribution in [2.45, 2.75) is 44.8 Å². The Morgan fingerprint density at radius 1 is 1.26 bits per heavy atom. The summed E-state index contributed by atoms with van der Waals surface area (Å²) in [6.45, 7) is 5.87. The topological polar surface area (TPSA) is 80.1 Å². The first-order chi connectivity index (χ1) is 12.8. The number of likely N-dealkylation sites (N-methyl/N-ethyl adjacent to an activating group) is 1. The van der Waals surface area contributed by atoms with Crippen molar-refractivity contribution in [2.75, 3.05) is 24.7 Å². The fourth-order valence-electron chi connectivity index (χ4n) is 2.80. The number of carbonyl (C=O) groups excluding carboxylic acids is 2. The summed E-state index contributed by atoms with van der Waals surface area (Å²) in [5.41, 5.74) is 2.85. The molecule has 1 fully saturated rings. The van der Waals surface area contributed by atoms with Crippen LogP contribution in [0.25, 0.3) is 0 Å². The van der Waals surface area contributed by atoms with Gasteiger partial charge in [-0.25, -0.2) is 0 Å². The Kier molecular flexibility index (Phi) is 5.84. The van der Waals surface area contributed by atoms with Crippen molar-refractivity contribution in [1.29, 1.82) is 0 Å². The maximum absolute atomic E-state index is 12.4. The first kappa shape index (κ1) is 19.4. The van der Waals surface area contributed by atoms with Crippen LogP contribution in [-0.4, -0.2) is 50.8 Å². The molecule has 27 heavy (non-hydrogen) atoms. The zero-order chi connectivity index (χ0) is 19.6. The van der Waals surface area contributed by atoms with Gasteiger partial charge in [0.25, 0.3) is 0 Å². The van der Waals surface area contributed by atoms with E-state index in [-0.39, 0.29) is 24.1 Å². The van der Waals surface area contributed by atoms with Gasteiger partial charge < -0.3 is 14.8 Å². The number of rotatable bonds is 7. The van der Waals surface area contributed by atoms with Crippen LogP contribution >= 0.6 is 11.8 Å². The molecule has 1 aliphatic carbocycles. The number of nitrogens with one attached hydrogen (secondary N) is 1. The van der Waals surface area contributed by atoms with E-state index in [4.69, 9.17) is 0 Å². The van der Waals surface area contributed by atoms with Crippen molar-refractivity contribution in [3.8, 4) is 0 Å².